The van der Waals surface area contributed by atoms with Crippen LogP contribution in [0.5, 0.6) is 5.75 Å². The Kier molecular flexibility index (Phi) is 6.32. The highest BCUT2D eigenvalue weighted by Crippen LogP contribution is 2.23. The molecule has 0 spiro atoms. The van der Waals surface area contributed by atoms with Crippen LogP contribution in [-0.4, -0.2) is 26.9 Å². The van der Waals surface area contributed by atoms with Crippen molar-refractivity contribution in [1.82, 2.24) is 5.32 Å². The lowest BCUT2D eigenvalue weighted by Gasteiger charge is -2.09. The molecule has 0 heterocycles. The van der Waals surface area contributed by atoms with Gasteiger partial charge in [0.25, 0.3) is 0 Å². The van der Waals surface area contributed by atoms with Crippen molar-refractivity contribution in [2.24, 2.45) is 0 Å². The summed E-state index contributed by atoms with van der Waals surface area (Å²) < 4.78 is 36.9. The SMILES string of the molecule is C=CCOc1c(F)cc(CNCCOC)cc1F. The number of halogens is 2. The molecule has 0 saturated heterocycles. The number of ether oxygens (including phenoxy) is 2. The zero-order valence-corrected chi connectivity index (χ0v) is 10.3. The number of hydrogen-bond acceptors (Lipinski definition) is 3. The zero-order valence-electron chi connectivity index (χ0n) is 10.3. The molecule has 0 amide bonds. The first-order valence-corrected chi connectivity index (χ1v) is 5.60. The molecule has 1 rings (SSSR count). The molecule has 0 aliphatic heterocycles. The third-order valence-corrected chi connectivity index (χ3v) is 2.22. The average molecular weight is 257 g/mol. The van der Waals surface area contributed by atoms with Crippen LogP contribution in [0.25, 0.3) is 0 Å². The van der Waals surface area contributed by atoms with Gasteiger partial charge in [-0.05, 0) is 17.7 Å². The van der Waals surface area contributed by atoms with Gasteiger partial charge in [-0.1, -0.05) is 12.7 Å². The van der Waals surface area contributed by atoms with Crippen LogP contribution < -0.4 is 10.1 Å². The van der Waals surface area contributed by atoms with Gasteiger partial charge in [-0.15, -0.1) is 0 Å². The second-order valence-electron chi connectivity index (χ2n) is 3.66. The van der Waals surface area contributed by atoms with Crippen molar-refractivity contribution >= 4 is 0 Å². The highest BCUT2D eigenvalue weighted by atomic mass is 19.1. The number of benzene rings is 1. The Balaban J connectivity index is 2.64. The first-order chi connectivity index (χ1) is 8.69. The molecule has 0 radical (unpaired) electrons. The van der Waals surface area contributed by atoms with Crippen LogP contribution in [0.15, 0.2) is 24.8 Å². The summed E-state index contributed by atoms with van der Waals surface area (Å²) in [5, 5.41) is 3.00. The third-order valence-electron chi connectivity index (χ3n) is 2.22. The van der Waals surface area contributed by atoms with Crippen LogP contribution >= 0.6 is 0 Å². The second-order valence-corrected chi connectivity index (χ2v) is 3.66. The van der Waals surface area contributed by atoms with Crippen LogP contribution in [0, 0.1) is 11.6 Å². The highest BCUT2D eigenvalue weighted by Gasteiger charge is 2.11. The molecule has 0 bridgehead atoms. The van der Waals surface area contributed by atoms with Gasteiger partial charge in [0.05, 0.1) is 6.61 Å². The Morgan fingerprint density at radius 1 is 1.33 bits per heavy atom. The molecular weight excluding hydrogens is 240 g/mol. The number of nitrogens with one attached hydrogen (secondary N) is 1. The molecule has 0 fully saturated rings. The van der Waals surface area contributed by atoms with Crippen molar-refractivity contribution in [2.75, 3.05) is 26.9 Å². The summed E-state index contributed by atoms with van der Waals surface area (Å²) in [6.45, 7) is 5.03. The standard InChI is InChI=1S/C13H17F2NO2/c1-3-5-18-13-11(14)7-10(8-12(13)15)9-16-4-6-17-2/h3,7-8,16H,1,4-6,9H2,2H3. The van der Waals surface area contributed by atoms with E-state index < -0.39 is 11.6 Å². The molecule has 100 valence electrons. The van der Waals surface area contributed by atoms with Gasteiger partial charge in [0.15, 0.2) is 17.4 Å². The summed E-state index contributed by atoms with van der Waals surface area (Å²) in [6, 6.07) is 2.50. The third kappa shape index (κ3) is 4.43. The normalized spacial score (nSPS) is 10.4. The van der Waals surface area contributed by atoms with Gasteiger partial charge in [-0.2, -0.15) is 0 Å². The van der Waals surface area contributed by atoms with Crippen LogP contribution in [0.3, 0.4) is 0 Å². The molecule has 0 unspecified atom stereocenters. The number of rotatable bonds is 8. The lowest BCUT2D eigenvalue weighted by Crippen LogP contribution is -2.18. The van der Waals surface area contributed by atoms with Gasteiger partial charge in [-0.25, -0.2) is 8.78 Å². The fourth-order valence-electron chi connectivity index (χ4n) is 1.40. The maximum Gasteiger partial charge on any atom is 0.191 e. The van der Waals surface area contributed by atoms with Gasteiger partial charge >= 0.3 is 0 Å². The Hall–Kier alpha value is -1.46. The smallest absolute Gasteiger partial charge is 0.191 e. The first kappa shape index (κ1) is 14.6. The van der Waals surface area contributed by atoms with E-state index in [1.165, 1.54) is 18.2 Å². The average Bonchev–Trinajstić information content (AvgIpc) is 2.34. The summed E-state index contributed by atoms with van der Waals surface area (Å²) in [7, 11) is 1.59. The van der Waals surface area contributed by atoms with Crippen molar-refractivity contribution in [2.45, 2.75) is 6.54 Å². The molecule has 1 aromatic rings. The van der Waals surface area contributed by atoms with E-state index in [2.05, 4.69) is 11.9 Å². The quantitative estimate of drug-likeness (QED) is 0.572. The summed E-state index contributed by atoms with van der Waals surface area (Å²) in [4.78, 5) is 0. The van der Waals surface area contributed by atoms with Gasteiger partial charge in [-0.3, -0.25) is 0 Å². The fraction of sp³-hybridized carbons (Fsp3) is 0.385. The van der Waals surface area contributed by atoms with E-state index in [9.17, 15) is 8.78 Å². The largest absolute Gasteiger partial charge is 0.483 e. The molecule has 0 saturated carbocycles. The Morgan fingerprint density at radius 3 is 2.56 bits per heavy atom. The van der Waals surface area contributed by atoms with E-state index in [4.69, 9.17) is 9.47 Å². The minimum absolute atomic E-state index is 0.0687. The maximum atomic E-state index is 13.6. The van der Waals surface area contributed by atoms with Crippen molar-refractivity contribution in [3.8, 4) is 5.75 Å². The topological polar surface area (TPSA) is 30.5 Å². The Labute approximate surface area is 105 Å². The summed E-state index contributed by atoms with van der Waals surface area (Å²) in [5.74, 6) is -1.78. The van der Waals surface area contributed by atoms with Crippen LogP contribution in [-0.2, 0) is 11.3 Å². The zero-order chi connectivity index (χ0) is 13.4. The van der Waals surface area contributed by atoms with E-state index in [0.717, 1.165) is 0 Å². The van der Waals surface area contributed by atoms with Crippen molar-refractivity contribution in [3.05, 3.63) is 42.0 Å². The van der Waals surface area contributed by atoms with Crippen LogP contribution in [0.2, 0.25) is 0 Å². The lowest BCUT2D eigenvalue weighted by molar-refractivity contribution is 0.199. The van der Waals surface area contributed by atoms with E-state index in [0.29, 0.717) is 25.3 Å². The predicted molar refractivity (Wildman–Crippen MR) is 65.6 cm³/mol. The molecule has 0 aromatic heterocycles. The maximum absolute atomic E-state index is 13.6. The van der Waals surface area contributed by atoms with E-state index >= 15 is 0 Å². The van der Waals surface area contributed by atoms with E-state index in [1.54, 1.807) is 7.11 Å². The predicted octanol–water partition coefficient (Wildman–Crippen LogP) is 2.27. The number of hydrogen-bond donors (Lipinski definition) is 1. The fourth-order valence-corrected chi connectivity index (χ4v) is 1.40. The molecule has 1 N–H and O–H groups in total. The Bertz CT molecular complexity index is 374. The molecule has 1 aromatic carbocycles. The molecule has 18 heavy (non-hydrogen) atoms. The molecular formula is C13H17F2NO2. The molecule has 0 aliphatic carbocycles. The summed E-state index contributed by atoms with van der Waals surface area (Å²) in [6.07, 6.45) is 1.43. The van der Waals surface area contributed by atoms with Crippen molar-refractivity contribution < 1.29 is 18.3 Å². The summed E-state index contributed by atoms with van der Waals surface area (Å²) >= 11 is 0. The minimum atomic E-state index is -0.708. The second kappa shape index (κ2) is 7.79. The monoisotopic (exact) mass is 257 g/mol. The number of methoxy groups -OCH3 is 1. The van der Waals surface area contributed by atoms with Crippen LogP contribution in [0.4, 0.5) is 8.78 Å². The van der Waals surface area contributed by atoms with Gasteiger partial charge in [0.2, 0.25) is 0 Å². The Morgan fingerprint density at radius 2 is 2.00 bits per heavy atom. The lowest BCUT2D eigenvalue weighted by atomic mass is 10.2. The first-order valence-electron chi connectivity index (χ1n) is 5.60. The summed E-state index contributed by atoms with van der Waals surface area (Å²) in [5.41, 5.74) is 0.520. The van der Waals surface area contributed by atoms with Gasteiger partial charge in [0.1, 0.15) is 6.61 Å². The van der Waals surface area contributed by atoms with E-state index in [-0.39, 0.29) is 12.4 Å². The van der Waals surface area contributed by atoms with Gasteiger partial charge < -0.3 is 14.8 Å². The minimum Gasteiger partial charge on any atom is -0.483 e. The molecule has 5 heteroatoms. The van der Waals surface area contributed by atoms with Gasteiger partial charge in [0, 0.05) is 20.2 Å². The van der Waals surface area contributed by atoms with Crippen LogP contribution in [0.1, 0.15) is 5.56 Å². The highest BCUT2D eigenvalue weighted by molar-refractivity contribution is 5.31. The molecule has 3 nitrogen and oxygen atoms in total. The van der Waals surface area contributed by atoms with E-state index in [1.807, 2.05) is 0 Å². The molecule has 0 aliphatic rings. The van der Waals surface area contributed by atoms with Crippen molar-refractivity contribution in [1.29, 1.82) is 0 Å². The van der Waals surface area contributed by atoms with Crippen molar-refractivity contribution in [3.63, 3.8) is 0 Å². The molecule has 0 atom stereocenters.